The summed E-state index contributed by atoms with van der Waals surface area (Å²) in [6.45, 7) is 2.46. The van der Waals surface area contributed by atoms with Gasteiger partial charge in [-0.15, -0.1) is 0 Å². The summed E-state index contributed by atoms with van der Waals surface area (Å²) in [5, 5.41) is 5.54. The number of hydrogen-bond acceptors (Lipinski definition) is 2. The molecule has 0 aliphatic heterocycles. The predicted octanol–water partition coefficient (Wildman–Crippen LogP) is 2.85. The molecule has 2 amide bonds. The largest absolute Gasteiger partial charge is 0.351 e. The lowest BCUT2D eigenvalue weighted by Crippen LogP contribution is -2.42. The van der Waals surface area contributed by atoms with Gasteiger partial charge in [0.25, 0.3) is 0 Å². The fraction of sp³-hybridized carbons (Fsp3) is 0.300. The smallest absolute Gasteiger partial charge is 0.235 e. The number of carbonyl (C=O) groups excluding carboxylic acids is 2. The van der Waals surface area contributed by atoms with E-state index in [1.54, 1.807) is 18.2 Å². The van der Waals surface area contributed by atoms with E-state index in [1.165, 1.54) is 6.07 Å². The first kappa shape index (κ1) is 17.1. The van der Waals surface area contributed by atoms with Crippen molar-refractivity contribution in [2.24, 2.45) is 5.41 Å². The molecule has 0 spiro atoms. The first-order chi connectivity index (χ1) is 12.0. The van der Waals surface area contributed by atoms with Crippen LogP contribution in [0.3, 0.4) is 0 Å². The molecule has 130 valence electrons. The zero-order chi connectivity index (χ0) is 17.9. The Morgan fingerprint density at radius 1 is 1.00 bits per heavy atom. The second kappa shape index (κ2) is 7.05. The van der Waals surface area contributed by atoms with Gasteiger partial charge in [-0.05, 0) is 31.4 Å². The average molecular weight is 340 g/mol. The third kappa shape index (κ3) is 3.87. The number of hydrogen-bond donors (Lipinski definition) is 2. The zero-order valence-corrected chi connectivity index (χ0v) is 14.1. The Kier molecular flexibility index (Phi) is 4.83. The Labute approximate surface area is 146 Å². The maximum Gasteiger partial charge on any atom is 0.235 e. The molecule has 1 saturated carbocycles. The summed E-state index contributed by atoms with van der Waals surface area (Å²) in [6, 6.07) is 14.1. The zero-order valence-electron chi connectivity index (χ0n) is 14.1. The topological polar surface area (TPSA) is 58.2 Å². The van der Waals surface area contributed by atoms with Gasteiger partial charge in [0.05, 0.1) is 0 Å². The molecule has 0 bridgehead atoms. The Balaban J connectivity index is 1.56. The highest BCUT2D eigenvalue weighted by molar-refractivity contribution is 6.07. The van der Waals surface area contributed by atoms with Crippen molar-refractivity contribution in [2.75, 3.05) is 0 Å². The second-order valence-electron chi connectivity index (χ2n) is 6.53. The number of halogens is 1. The van der Waals surface area contributed by atoms with Crippen molar-refractivity contribution >= 4 is 11.8 Å². The predicted molar refractivity (Wildman–Crippen MR) is 92.9 cm³/mol. The van der Waals surface area contributed by atoms with Gasteiger partial charge in [0.15, 0.2) is 0 Å². The Hall–Kier alpha value is -2.69. The quantitative estimate of drug-likeness (QED) is 0.795. The van der Waals surface area contributed by atoms with Crippen LogP contribution >= 0.6 is 0 Å². The molecule has 5 heteroatoms. The van der Waals surface area contributed by atoms with Crippen LogP contribution in [-0.2, 0) is 22.7 Å². The average Bonchev–Trinajstić information content (AvgIpc) is 3.41. The molecule has 25 heavy (non-hydrogen) atoms. The van der Waals surface area contributed by atoms with Gasteiger partial charge in [-0.3, -0.25) is 9.59 Å². The van der Waals surface area contributed by atoms with E-state index < -0.39 is 5.41 Å². The SMILES string of the molecule is Cc1cccc(CNC(=O)C2(C(=O)NCc3ccccc3F)CC2)c1. The summed E-state index contributed by atoms with van der Waals surface area (Å²) in [7, 11) is 0. The van der Waals surface area contributed by atoms with Crippen molar-refractivity contribution in [1.82, 2.24) is 10.6 Å². The van der Waals surface area contributed by atoms with Crippen LogP contribution in [0.5, 0.6) is 0 Å². The van der Waals surface area contributed by atoms with E-state index in [2.05, 4.69) is 10.6 Å². The molecule has 1 aliphatic rings. The minimum atomic E-state index is -1.00. The van der Waals surface area contributed by atoms with Crippen LogP contribution in [0.15, 0.2) is 48.5 Å². The van der Waals surface area contributed by atoms with Gasteiger partial charge < -0.3 is 10.6 Å². The van der Waals surface area contributed by atoms with Crippen LogP contribution in [-0.4, -0.2) is 11.8 Å². The molecule has 2 N–H and O–H groups in total. The summed E-state index contributed by atoms with van der Waals surface area (Å²) < 4.78 is 13.6. The van der Waals surface area contributed by atoms with Crippen LogP contribution in [0, 0.1) is 18.2 Å². The molecule has 4 nitrogen and oxygen atoms in total. The Morgan fingerprint density at radius 2 is 1.68 bits per heavy atom. The summed E-state index contributed by atoms with van der Waals surface area (Å²) in [5.41, 5.74) is 1.52. The molecule has 1 fully saturated rings. The molecule has 0 radical (unpaired) electrons. The monoisotopic (exact) mass is 340 g/mol. The van der Waals surface area contributed by atoms with E-state index in [9.17, 15) is 14.0 Å². The lowest BCUT2D eigenvalue weighted by atomic mass is 10.0. The number of carbonyl (C=O) groups is 2. The van der Waals surface area contributed by atoms with Gasteiger partial charge in [0.2, 0.25) is 11.8 Å². The van der Waals surface area contributed by atoms with Crippen molar-refractivity contribution in [3.63, 3.8) is 0 Å². The molecule has 0 saturated heterocycles. The van der Waals surface area contributed by atoms with Crippen molar-refractivity contribution < 1.29 is 14.0 Å². The summed E-state index contributed by atoms with van der Waals surface area (Å²) >= 11 is 0. The maximum absolute atomic E-state index is 13.6. The highest BCUT2D eigenvalue weighted by atomic mass is 19.1. The second-order valence-corrected chi connectivity index (χ2v) is 6.53. The molecular weight excluding hydrogens is 319 g/mol. The third-order valence-corrected chi connectivity index (χ3v) is 4.55. The molecule has 2 aromatic rings. The number of rotatable bonds is 6. The first-order valence-corrected chi connectivity index (χ1v) is 8.37. The molecule has 2 aromatic carbocycles. The van der Waals surface area contributed by atoms with E-state index in [0.29, 0.717) is 24.9 Å². The number of aryl methyl sites for hydroxylation is 1. The lowest BCUT2D eigenvalue weighted by molar-refractivity contribution is -0.137. The molecule has 0 atom stereocenters. The van der Waals surface area contributed by atoms with Crippen molar-refractivity contribution in [3.8, 4) is 0 Å². The van der Waals surface area contributed by atoms with Crippen LogP contribution < -0.4 is 10.6 Å². The van der Waals surface area contributed by atoms with E-state index in [1.807, 2.05) is 31.2 Å². The minimum Gasteiger partial charge on any atom is -0.351 e. The minimum absolute atomic E-state index is 0.0818. The summed E-state index contributed by atoms with van der Waals surface area (Å²) in [4.78, 5) is 24.9. The van der Waals surface area contributed by atoms with Crippen molar-refractivity contribution in [1.29, 1.82) is 0 Å². The Morgan fingerprint density at radius 3 is 2.32 bits per heavy atom. The van der Waals surface area contributed by atoms with Gasteiger partial charge in [-0.2, -0.15) is 0 Å². The van der Waals surface area contributed by atoms with Crippen LogP contribution in [0.2, 0.25) is 0 Å². The highest BCUT2D eigenvalue weighted by Gasteiger charge is 2.56. The summed E-state index contributed by atoms with van der Waals surface area (Å²) in [5.74, 6) is -0.964. The van der Waals surface area contributed by atoms with Crippen molar-refractivity contribution in [2.45, 2.75) is 32.9 Å². The highest BCUT2D eigenvalue weighted by Crippen LogP contribution is 2.46. The first-order valence-electron chi connectivity index (χ1n) is 8.37. The van der Waals surface area contributed by atoms with Gasteiger partial charge in [0, 0.05) is 18.7 Å². The third-order valence-electron chi connectivity index (χ3n) is 4.55. The van der Waals surface area contributed by atoms with E-state index in [0.717, 1.165) is 11.1 Å². The van der Waals surface area contributed by atoms with Crippen LogP contribution in [0.1, 0.15) is 29.5 Å². The van der Waals surface area contributed by atoms with Crippen LogP contribution in [0.4, 0.5) is 4.39 Å². The van der Waals surface area contributed by atoms with Crippen molar-refractivity contribution in [3.05, 3.63) is 71.0 Å². The van der Waals surface area contributed by atoms with E-state index in [4.69, 9.17) is 0 Å². The molecule has 0 heterocycles. The van der Waals surface area contributed by atoms with Gasteiger partial charge >= 0.3 is 0 Å². The standard InChI is InChI=1S/C20H21FN2O2/c1-14-5-4-6-15(11-14)12-22-18(24)20(9-10-20)19(25)23-13-16-7-2-3-8-17(16)21/h2-8,11H,9-10,12-13H2,1H3,(H,22,24)(H,23,25). The van der Waals surface area contributed by atoms with Gasteiger partial charge in [-0.25, -0.2) is 4.39 Å². The molecular formula is C20H21FN2O2. The van der Waals surface area contributed by atoms with Gasteiger partial charge in [0.1, 0.15) is 11.2 Å². The Bertz CT molecular complexity index is 800. The lowest BCUT2D eigenvalue weighted by Gasteiger charge is -2.16. The number of nitrogens with one attached hydrogen (secondary N) is 2. The fourth-order valence-corrected chi connectivity index (χ4v) is 2.84. The van der Waals surface area contributed by atoms with E-state index in [-0.39, 0.29) is 24.2 Å². The number of amides is 2. The fourth-order valence-electron chi connectivity index (χ4n) is 2.84. The van der Waals surface area contributed by atoms with Crippen LogP contribution in [0.25, 0.3) is 0 Å². The number of benzene rings is 2. The summed E-state index contributed by atoms with van der Waals surface area (Å²) in [6.07, 6.45) is 1.05. The molecule has 0 unspecified atom stereocenters. The normalized spacial score (nSPS) is 14.6. The molecule has 0 aromatic heterocycles. The molecule has 1 aliphatic carbocycles. The van der Waals surface area contributed by atoms with Gasteiger partial charge in [-0.1, -0.05) is 48.0 Å². The van der Waals surface area contributed by atoms with E-state index >= 15 is 0 Å². The maximum atomic E-state index is 13.6. The molecule has 3 rings (SSSR count).